The van der Waals surface area contributed by atoms with Crippen LogP contribution in [0, 0.1) is 6.92 Å². The molecule has 0 saturated heterocycles. The molecule has 0 unspecified atom stereocenters. The molecule has 0 saturated carbocycles. The van der Waals surface area contributed by atoms with Crippen molar-refractivity contribution in [3.63, 3.8) is 0 Å². The van der Waals surface area contributed by atoms with Crippen molar-refractivity contribution in [1.82, 2.24) is 9.78 Å². The number of esters is 1. The normalized spacial score (nSPS) is 10.6. The van der Waals surface area contributed by atoms with E-state index >= 15 is 0 Å². The molecule has 0 aliphatic rings. The number of rotatable bonds is 4. The number of aromatic nitrogens is 2. The Balaban J connectivity index is 2.05. The molecule has 1 aromatic heterocycles. The van der Waals surface area contributed by atoms with E-state index in [1.165, 1.54) is 7.11 Å². The average Bonchev–Trinajstić information content (AvgIpc) is 3.11. The van der Waals surface area contributed by atoms with E-state index < -0.39 is 0 Å². The van der Waals surface area contributed by atoms with Crippen LogP contribution in [-0.2, 0) is 4.74 Å². The number of nitrogens with zero attached hydrogens (tertiary/aromatic N) is 2. The number of aryl methyl sites for hydroxylation is 1. The zero-order valence-corrected chi connectivity index (χ0v) is 15.8. The Labute approximate surface area is 164 Å². The summed E-state index contributed by atoms with van der Waals surface area (Å²) in [6, 6.07) is 27.6. The Morgan fingerprint density at radius 2 is 1.46 bits per heavy atom. The van der Waals surface area contributed by atoms with Crippen LogP contribution in [0.1, 0.15) is 16.1 Å². The van der Waals surface area contributed by atoms with Crippen molar-refractivity contribution in [2.24, 2.45) is 0 Å². The molecule has 28 heavy (non-hydrogen) atoms. The van der Waals surface area contributed by atoms with E-state index in [1.807, 2.05) is 78.3 Å². The summed E-state index contributed by atoms with van der Waals surface area (Å²) in [6.45, 7) is 1.97. The van der Waals surface area contributed by atoms with Crippen LogP contribution in [0.3, 0.4) is 0 Å². The number of hydrogen-bond donors (Lipinski definition) is 0. The molecule has 0 aliphatic heterocycles. The van der Waals surface area contributed by atoms with Gasteiger partial charge in [0.25, 0.3) is 0 Å². The lowest BCUT2D eigenvalue weighted by atomic mass is 9.95. The fourth-order valence-electron chi connectivity index (χ4n) is 3.46. The summed E-state index contributed by atoms with van der Waals surface area (Å²) < 4.78 is 6.95. The summed E-state index contributed by atoms with van der Waals surface area (Å²) in [5, 5.41) is 4.82. The van der Waals surface area contributed by atoms with Gasteiger partial charge < -0.3 is 4.74 Å². The molecule has 0 fully saturated rings. The van der Waals surface area contributed by atoms with Crippen molar-refractivity contribution in [1.29, 1.82) is 0 Å². The molecule has 4 aromatic rings. The number of carbonyl (C=O) groups is 1. The van der Waals surface area contributed by atoms with Crippen molar-refractivity contribution in [3.8, 4) is 28.1 Å². The highest BCUT2D eigenvalue weighted by molar-refractivity contribution is 6.00. The van der Waals surface area contributed by atoms with E-state index in [9.17, 15) is 4.79 Å². The topological polar surface area (TPSA) is 44.1 Å². The highest BCUT2D eigenvalue weighted by atomic mass is 16.5. The Morgan fingerprint density at radius 1 is 0.857 bits per heavy atom. The maximum atomic E-state index is 12.4. The monoisotopic (exact) mass is 368 g/mol. The third-order valence-electron chi connectivity index (χ3n) is 4.71. The third-order valence-corrected chi connectivity index (χ3v) is 4.71. The molecule has 3 aromatic carbocycles. The molecule has 1 heterocycles. The van der Waals surface area contributed by atoms with Gasteiger partial charge in [-0.3, -0.25) is 0 Å². The predicted octanol–water partition coefficient (Wildman–Crippen LogP) is 5.30. The van der Waals surface area contributed by atoms with Gasteiger partial charge in [0.05, 0.1) is 29.7 Å². The predicted molar refractivity (Wildman–Crippen MR) is 111 cm³/mol. The molecule has 0 aliphatic carbocycles. The Morgan fingerprint density at radius 3 is 2.14 bits per heavy atom. The van der Waals surface area contributed by atoms with Crippen LogP contribution in [0.2, 0.25) is 0 Å². The number of benzene rings is 3. The van der Waals surface area contributed by atoms with Crippen molar-refractivity contribution in [2.75, 3.05) is 7.11 Å². The minimum Gasteiger partial charge on any atom is -0.465 e. The molecule has 0 atom stereocenters. The zero-order valence-electron chi connectivity index (χ0n) is 15.8. The van der Waals surface area contributed by atoms with E-state index in [-0.39, 0.29) is 5.97 Å². The van der Waals surface area contributed by atoms with Gasteiger partial charge in [-0.25, -0.2) is 9.48 Å². The van der Waals surface area contributed by atoms with Crippen LogP contribution in [0.4, 0.5) is 0 Å². The quantitative estimate of drug-likeness (QED) is 0.459. The molecule has 0 spiro atoms. The van der Waals surface area contributed by atoms with Gasteiger partial charge in [-0.05, 0) is 25.1 Å². The largest absolute Gasteiger partial charge is 0.465 e. The average molecular weight is 368 g/mol. The Kier molecular flexibility index (Phi) is 4.77. The number of ether oxygens (including phenoxy) is 1. The lowest BCUT2D eigenvalue weighted by Gasteiger charge is -2.12. The van der Waals surface area contributed by atoms with Crippen LogP contribution in [0.15, 0.2) is 84.9 Å². The maximum Gasteiger partial charge on any atom is 0.338 e. The van der Waals surface area contributed by atoms with Gasteiger partial charge in [0.1, 0.15) is 0 Å². The van der Waals surface area contributed by atoms with E-state index in [4.69, 9.17) is 9.84 Å². The molecule has 138 valence electrons. The second-order valence-electron chi connectivity index (χ2n) is 6.46. The van der Waals surface area contributed by atoms with E-state index in [2.05, 4.69) is 12.1 Å². The van der Waals surface area contributed by atoms with Crippen LogP contribution < -0.4 is 0 Å². The second-order valence-corrected chi connectivity index (χ2v) is 6.46. The summed E-state index contributed by atoms with van der Waals surface area (Å²) in [7, 11) is 1.40. The van der Waals surface area contributed by atoms with E-state index in [0.717, 1.165) is 33.8 Å². The SMILES string of the molecule is COC(=O)c1ccccc1-c1c(C)nn(-c2ccccc2)c1-c1ccccc1. The van der Waals surface area contributed by atoms with Gasteiger partial charge in [0, 0.05) is 16.7 Å². The van der Waals surface area contributed by atoms with Crippen molar-refractivity contribution in [2.45, 2.75) is 6.92 Å². The Hall–Kier alpha value is -3.66. The summed E-state index contributed by atoms with van der Waals surface area (Å²) in [5.41, 5.74) is 6.05. The summed E-state index contributed by atoms with van der Waals surface area (Å²) in [5.74, 6) is -0.360. The molecule has 0 bridgehead atoms. The third kappa shape index (κ3) is 3.09. The fourth-order valence-corrected chi connectivity index (χ4v) is 3.46. The molecule has 0 radical (unpaired) electrons. The van der Waals surface area contributed by atoms with Gasteiger partial charge in [-0.15, -0.1) is 0 Å². The highest BCUT2D eigenvalue weighted by Gasteiger charge is 2.23. The second kappa shape index (κ2) is 7.53. The number of para-hydroxylation sites is 1. The lowest BCUT2D eigenvalue weighted by molar-refractivity contribution is 0.0601. The van der Waals surface area contributed by atoms with Crippen LogP contribution in [-0.4, -0.2) is 22.9 Å². The first-order valence-electron chi connectivity index (χ1n) is 9.09. The summed E-state index contributed by atoms with van der Waals surface area (Å²) in [6.07, 6.45) is 0. The van der Waals surface area contributed by atoms with Crippen molar-refractivity contribution in [3.05, 3.63) is 96.2 Å². The number of carbonyl (C=O) groups excluding carboxylic acids is 1. The van der Waals surface area contributed by atoms with E-state index in [1.54, 1.807) is 6.07 Å². The minimum absolute atomic E-state index is 0.360. The minimum atomic E-state index is -0.360. The summed E-state index contributed by atoms with van der Waals surface area (Å²) >= 11 is 0. The number of methoxy groups -OCH3 is 1. The van der Waals surface area contributed by atoms with Gasteiger partial charge in [0.15, 0.2) is 0 Å². The van der Waals surface area contributed by atoms with Gasteiger partial charge in [0.2, 0.25) is 0 Å². The molecule has 4 heteroatoms. The fraction of sp³-hybridized carbons (Fsp3) is 0.0833. The maximum absolute atomic E-state index is 12.4. The number of hydrogen-bond acceptors (Lipinski definition) is 3. The van der Waals surface area contributed by atoms with Crippen LogP contribution in [0.5, 0.6) is 0 Å². The first-order chi connectivity index (χ1) is 13.7. The molecule has 0 amide bonds. The smallest absolute Gasteiger partial charge is 0.338 e. The summed E-state index contributed by atoms with van der Waals surface area (Å²) in [4.78, 5) is 12.4. The lowest BCUT2D eigenvalue weighted by Crippen LogP contribution is -2.04. The highest BCUT2D eigenvalue weighted by Crippen LogP contribution is 2.38. The molecule has 0 N–H and O–H groups in total. The van der Waals surface area contributed by atoms with Crippen LogP contribution in [0.25, 0.3) is 28.1 Å². The van der Waals surface area contributed by atoms with Gasteiger partial charge >= 0.3 is 5.97 Å². The van der Waals surface area contributed by atoms with Crippen molar-refractivity contribution < 1.29 is 9.53 Å². The van der Waals surface area contributed by atoms with Crippen LogP contribution >= 0.6 is 0 Å². The Bertz CT molecular complexity index is 1120. The van der Waals surface area contributed by atoms with Crippen molar-refractivity contribution >= 4 is 5.97 Å². The standard InChI is InChI=1S/C24H20N2O2/c1-17-22(20-15-9-10-16-21(20)24(27)28-2)23(18-11-5-3-6-12-18)26(25-17)19-13-7-4-8-14-19/h3-16H,1-2H3. The first kappa shape index (κ1) is 17.7. The van der Waals surface area contributed by atoms with Gasteiger partial charge in [-0.1, -0.05) is 66.7 Å². The molecule has 4 nitrogen and oxygen atoms in total. The van der Waals surface area contributed by atoms with E-state index in [0.29, 0.717) is 5.56 Å². The molecular formula is C24H20N2O2. The molecule has 4 rings (SSSR count). The van der Waals surface area contributed by atoms with Gasteiger partial charge in [-0.2, -0.15) is 5.10 Å². The first-order valence-corrected chi connectivity index (χ1v) is 9.09. The molecular weight excluding hydrogens is 348 g/mol. The zero-order chi connectivity index (χ0) is 19.5.